The van der Waals surface area contributed by atoms with E-state index in [0.29, 0.717) is 16.1 Å². The second-order valence-corrected chi connectivity index (χ2v) is 8.01. The Balaban J connectivity index is 2.04. The first kappa shape index (κ1) is 16.2. The van der Waals surface area contributed by atoms with E-state index < -0.39 is 10.0 Å². The van der Waals surface area contributed by atoms with Gasteiger partial charge in [0, 0.05) is 18.0 Å². The van der Waals surface area contributed by atoms with Crippen molar-refractivity contribution < 1.29 is 13.2 Å². The first-order valence-electron chi connectivity index (χ1n) is 7.14. The molecule has 2 heterocycles. The number of piperazine rings is 1. The zero-order valence-corrected chi connectivity index (χ0v) is 14.3. The van der Waals surface area contributed by atoms with E-state index in [1.807, 2.05) is 6.92 Å². The van der Waals surface area contributed by atoms with Gasteiger partial charge in [-0.25, -0.2) is 13.4 Å². The van der Waals surface area contributed by atoms with Gasteiger partial charge in [-0.2, -0.15) is 4.31 Å². The van der Waals surface area contributed by atoms with Crippen LogP contribution in [0.2, 0.25) is 5.15 Å². The van der Waals surface area contributed by atoms with Crippen molar-refractivity contribution in [1.82, 2.24) is 14.6 Å². The monoisotopic (exact) mass is 353 g/mol. The number of aryl methyl sites for hydroxylation is 1. The number of benzene rings is 1. The number of pyridine rings is 1. The van der Waals surface area contributed by atoms with Crippen LogP contribution in [-0.4, -0.2) is 42.7 Å². The summed E-state index contributed by atoms with van der Waals surface area (Å²) in [4.78, 5) is 16.0. The van der Waals surface area contributed by atoms with Gasteiger partial charge in [0.2, 0.25) is 15.9 Å². The molecule has 3 rings (SSSR count). The first-order valence-corrected chi connectivity index (χ1v) is 8.95. The number of carbonyl (C=O) groups excluding carboxylic acids is 1. The number of halogens is 1. The van der Waals surface area contributed by atoms with Crippen LogP contribution < -0.4 is 5.32 Å². The molecule has 6 nitrogen and oxygen atoms in total. The molecule has 1 aliphatic rings. The Morgan fingerprint density at radius 1 is 1.35 bits per heavy atom. The van der Waals surface area contributed by atoms with Crippen LogP contribution in [0.25, 0.3) is 10.9 Å². The van der Waals surface area contributed by atoms with E-state index in [1.165, 1.54) is 10.4 Å². The largest absolute Gasteiger partial charge is 0.351 e. The maximum absolute atomic E-state index is 12.8. The predicted octanol–water partition coefficient (Wildman–Crippen LogP) is 1.71. The van der Waals surface area contributed by atoms with Crippen LogP contribution >= 0.6 is 11.6 Å². The molecule has 1 N–H and O–H groups in total. The highest BCUT2D eigenvalue weighted by molar-refractivity contribution is 7.89. The van der Waals surface area contributed by atoms with Crippen LogP contribution in [0.4, 0.5) is 0 Å². The zero-order chi connectivity index (χ0) is 16.8. The SMILES string of the molecule is Cc1cc2cc(S(=O)(=O)N3CC(=O)NC(C)C3)ccc2nc1Cl. The second-order valence-electron chi connectivity index (χ2n) is 5.72. The van der Waals surface area contributed by atoms with Gasteiger partial charge in [-0.15, -0.1) is 0 Å². The molecular weight excluding hydrogens is 338 g/mol. The molecular formula is C15H16ClN3O3S. The van der Waals surface area contributed by atoms with Crippen molar-refractivity contribution in [3.05, 3.63) is 35.0 Å². The highest BCUT2D eigenvalue weighted by atomic mass is 35.5. The summed E-state index contributed by atoms with van der Waals surface area (Å²) in [7, 11) is -3.73. The molecule has 1 fully saturated rings. The highest BCUT2D eigenvalue weighted by Gasteiger charge is 2.32. The van der Waals surface area contributed by atoms with Crippen LogP contribution in [0.3, 0.4) is 0 Å². The number of hydrogen-bond acceptors (Lipinski definition) is 4. The van der Waals surface area contributed by atoms with Gasteiger partial charge in [0.25, 0.3) is 0 Å². The van der Waals surface area contributed by atoms with E-state index in [2.05, 4.69) is 10.3 Å². The molecule has 1 atom stereocenters. The molecule has 2 aromatic rings. The molecule has 0 bridgehead atoms. The molecule has 1 amide bonds. The number of rotatable bonds is 2. The topological polar surface area (TPSA) is 79.4 Å². The third kappa shape index (κ3) is 3.04. The van der Waals surface area contributed by atoms with Gasteiger partial charge in [-0.3, -0.25) is 4.79 Å². The Morgan fingerprint density at radius 3 is 2.78 bits per heavy atom. The molecule has 1 unspecified atom stereocenters. The smallest absolute Gasteiger partial charge is 0.243 e. The lowest BCUT2D eigenvalue weighted by atomic mass is 10.2. The zero-order valence-electron chi connectivity index (χ0n) is 12.7. The molecule has 23 heavy (non-hydrogen) atoms. The number of amides is 1. The number of carbonyl (C=O) groups is 1. The van der Waals surface area contributed by atoms with Crippen LogP contribution in [0, 0.1) is 6.92 Å². The number of aromatic nitrogens is 1. The fourth-order valence-electron chi connectivity index (χ4n) is 2.63. The lowest BCUT2D eigenvalue weighted by Crippen LogP contribution is -2.54. The lowest BCUT2D eigenvalue weighted by molar-refractivity contribution is -0.123. The van der Waals surface area contributed by atoms with E-state index in [4.69, 9.17) is 11.6 Å². The number of nitrogens with zero attached hydrogens (tertiary/aromatic N) is 2. The molecule has 122 valence electrons. The summed E-state index contributed by atoms with van der Waals surface area (Å²) < 4.78 is 26.7. The van der Waals surface area contributed by atoms with Crippen molar-refractivity contribution in [3.8, 4) is 0 Å². The number of nitrogens with one attached hydrogen (secondary N) is 1. The van der Waals surface area contributed by atoms with E-state index in [1.54, 1.807) is 25.1 Å². The molecule has 1 saturated heterocycles. The quantitative estimate of drug-likeness (QED) is 0.833. The Bertz CT molecular complexity index is 898. The molecule has 0 spiro atoms. The minimum Gasteiger partial charge on any atom is -0.351 e. The molecule has 8 heteroatoms. The molecule has 0 saturated carbocycles. The number of fused-ring (bicyclic) bond motifs is 1. The highest BCUT2D eigenvalue weighted by Crippen LogP contribution is 2.25. The minimum atomic E-state index is -3.73. The van der Waals surface area contributed by atoms with Crippen molar-refractivity contribution in [2.75, 3.05) is 13.1 Å². The van der Waals surface area contributed by atoms with Crippen molar-refractivity contribution in [3.63, 3.8) is 0 Å². The molecule has 1 aromatic heterocycles. The van der Waals surface area contributed by atoms with Gasteiger partial charge in [0.15, 0.2) is 0 Å². The third-order valence-corrected chi connectivity index (χ3v) is 5.95. The Morgan fingerprint density at radius 2 is 2.09 bits per heavy atom. The fraction of sp³-hybridized carbons (Fsp3) is 0.333. The summed E-state index contributed by atoms with van der Waals surface area (Å²) in [5, 5.41) is 3.80. The van der Waals surface area contributed by atoms with Gasteiger partial charge in [0.1, 0.15) is 5.15 Å². The second kappa shape index (κ2) is 5.74. The average molecular weight is 354 g/mol. The number of sulfonamides is 1. The summed E-state index contributed by atoms with van der Waals surface area (Å²) in [5.74, 6) is -0.294. The summed E-state index contributed by atoms with van der Waals surface area (Å²) >= 11 is 5.99. The Kier molecular flexibility index (Phi) is 4.03. The maximum atomic E-state index is 12.8. The average Bonchev–Trinajstić information content (AvgIpc) is 2.47. The molecule has 0 aliphatic carbocycles. The van der Waals surface area contributed by atoms with Gasteiger partial charge < -0.3 is 5.32 Å². The molecule has 0 radical (unpaired) electrons. The van der Waals surface area contributed by atoms with Crippen molar-refractivity contribution in [1.29, 1.82) is 0 Å². The fourth-order valence-corrected chi connectivity index (χ4v) is 4.29. The lowest BCUT2D eigenvalue weighted by Gasteiger charge is -2.30. The molecule has 1 aliphatic heterocycles. The van der Waals surface area contributed by atoms with Gasteiger partial charge in [0.05, 0.1) is 17.0 Å². The van der Waals surface area contributed by atoms with Gasteiger partial charge in [-0.1, -0.05) is 11.6 Å². The summed E-state index contributed by atoms with van der Waals surface area (Å²) in [5.41, 5.74) is 1.41. The normalized spacial score (nSPS) is 19.8. The van der Waals surface area contributed by atoms with Crippen LogP contribution in [-0.2, 0) is 14.8 Å². The van der Waals surface area contributed by atoms with E-state index in [-0.39, 0.29) is 29.9 Å². The van der Waals surface area contributed by atoms with Gasteiger partial charge >= 0.3 is 0 Å². The summed E-state index contributed by atoms with van der Waals surface area (Å²) in [6, 6.07) is 6.27. The predicted molar refractivity (Wildman–Crippen MR) is 87.9 cm³/mol. The summed E-state index contributed by atoms with van der Waals surface area (Å²) in [6.07, 6.45) is 0. The Hall–Kier alpha value is -1.70. The van der Waals surface area contributed by atoms with E-state index in [0.717, 1.165) is 5.56 Å². The van der Waals surface area contributed by atoms with Crippen LogP contribution in [0.15, 0.2) is 29.2 Å². The third-order valence-electron chi connectivity index (χ3n) is 3.76. The van der Waals surface area contributed by atoms with Crippen molar-refractivity contribution in [2.45, 2.75) is 24.8 Å². The standard InChI is InChI=1S/C15H16ClN3O3S/c1-9-5-11-6-12(3-4-13(11)18-15(9)16)23(21,22)19-7-10(2)17-14(20)8-19/h3-6,10H,7-8H2,1-2H3,(H,17,20). The summed E-state index contributed by atoms with van der Waals surface area (Å²) in [6.45, 7) is 3.68. The Labute approximate surface area is 139 Å². The van der Waals surface area contributed by atoms with Crippen molar-refractivity contribution in [2.24, 2.45) is 0 Å². The van der Waals surface area contributed by atoms with E-state index >= 15 is 0 Å². The number of hydrogen-bond donors (Lipinski definition) is 1. The maximum Gasteiger partial charge on any atom is 0.243 e. The van der Waals surface area contributed by atoms with Crippen LogP contribution in [0.5, 0.6) is 0 Å². The minimum absolute atomic E-state index is 0.149. The first-order chi connectivity index (χ1) is 10.8. The van der Waals surface area contributed by atoms with Crippen LogP contribution in [0.1, 0.15) is 12.5 Å². The van der Waals surface area contributed by atoms with Crippen molar-refractivity contribution >= 4 is 38.4 Å². The van der Waals surface area contributed by atoms with E-state index in [9.17, 15) is 13.2 Å². The van der Waals surface area contributed by atoms with Gasteiger partial charge in [-0.05, 0) is 43.7 Å². The molecule has 1 aromatic carbocycles.